The van der Waals surface area contributed by atoms with Gasteiger partial charge in [0.05, 0.1) is 12.2 Å². The first-order valence-corrected chi connectivity index (χ1v) is 7.00. The van der Waals surface area contributed by atoms with E-state index in [9.17, 15) is 9.18 Å². The third-order valence-corrected chi connectivity index (χ3v) is 3.81. The van der Waals surface area contributed by atoms with Crippen molar-refractivity contribution in [1.82, 2.24) is 19.7 Å². The Morgan fingerprint density at radius 2 is 2.09 bits per heavy atom. The molecule has 0 saturated carbocycles. The van der Waals surface area contributed by atoms with E-state index in [2.05, 4.69) is 10.4 Å². The third-order valence-electron chi connectivity index (χ3n) is 3.81. The van der Waals surface area contributed by atoms with Crippen LogP contribution in [0.1, 0.15) is 29.0 Å². The summed E-state index contributed by atoms with van der Waals surface area (Å²) in [6.07, 6.45) is 3.59. The number of aromatic nitrogens is 3. The molecule has 0 fully saturated rings. The highest BCUT2D eigenvalue weighted by molar-refractivity contribution is 5.98. The second kappa shape index (κ2) is 5.29. The van der Waals surface area contributed by atoms with Crippen molar-refractivity contribution in [1.29, 1.82) is 0 Å². The first kappa shape index (κ1) is 14.3. The van der Waals surface area contributed by atoms with Gasteiger partial charge in [-0.1, -0.05) is 0 Å². The van der Waals surface area contributed by atoms with E-state index in [1.54, 1.807) is 34.6 Å². The molecule has 3 aromatic rings. The molecule has 0 aliphatic carbocycles. The summed E-state index contributed by atoms with van der Waals surface area (Å²) in [5.74, 6) is -0.510. The minimum absolute atomic E-state index is 0.157. The molecule has 114 valence electrons. The van der Waals surface area contributed by atoms with E-state index in [0.717, 1.165) is 11.1 Å². The van der Waals surface area contributed by atoms with Gasteiger partial charge in [0.15, 0.2) is 0 Å². The maximum atomic E-state index is 13.3. The molecule has 5 nitrogen and oxygen atoms in total. The molecule has 2 heterocycles. The van der Waals surface area contributed by atoms with Crippen molar-refractivity contribution in [2.24, 2.45) is 14.1 Å². The second-order valence-corrected chi connectivity index (χ2v) is 5.43. The monoisotopic (exact) mass is 300 g/mol. The zero-order chi connectivity index (χ0) is 15.9. The number of carbonyl (C=O) groups excluding carboxylic acids is 1. The Kier molecular flexibility index (Phi) is 3.44. The van der Waals surface area contributed by atoms with E-state index in [-0.39, 0.29) is 17.8 Å². The Morgan fingerprint density at radius 1 is 1.32 bits per heavy atom. The molecule has 1 atom stereocenters. The maximum absolute atomic E-state index is 13.3. The smallest absolute Gasteiger partial charge is 0.268 e. The maximum Gasteiger partial charge on any atom is 0.268 e. The van der Waals surface area contributed by atoms with Gasteiger partial charge in [-0.2, -0.15) is 5.10 Å². The van der Waals surface area contributed by atoms with Gasteiger partial charge in [-0.15, -0.1) is 0 Å². The molecule has 0 bridgehead atoms. The number of carbonyl (C=O) groups is 1. The van der Waals surface area contributed by atoms with Crippen molar-refractivity contribution in [3.05, 3.63) is 53.7 Å². The lowest BCUT2D eigenvalue weighted by Gasteiger charge is -2.12. The molecule has 0 saturated heterocycles. The van der Waals surface area contributed by atoms with Crippen LogP contribution in [0, 0.1) is 5.82 Å². The summed E-state index contributed by atoms with van der Waals surface area (Å²) >= 11 is 0. The van der Waals surface area contributed by atoms with Crippen LogP contribution in [0.15, 0.2) is 36.7 Å². The quantitative estimate of drug-likeness (QED) is 0.808. The molecule has 0 aliphatic heterocycles. The summed E-state index contributed by atoms with van der Waals surface area (Å²) in [6.45, 7) is 1.90. The van der Waals surface area contributed by atoms with Crippen molar-refractivity contribution in [3.8, 4) is 0 Å². The number of nitrogens with zero attached hydrogens (tertiary/aromatic N) is 3. The molecular weight excluding hydrogens is 283 g/mol. The largest absolute Gasteiger partial charge is 0.344 e. The minimum atomic E-state index is -0.311. The van der Waals surface area contributed by atoms with Gasteiger partial charge in [-0.25, -0.2) is 4.39 Å². The zero-order valence-electron chi connectivity index (χ0n) is 12.7. The number of amides is 1. The lowest BCUT2D eigenvalue weighted by molar-refractivity contribution is 0.0932. The summed E-state index contributed by atoms with van der Waals surface area (Å²) in [7, 11) is 3.63. The molecule has 6 heteroatoms. The highest BCUT2D eigenvalue weighted by atomic mass is 19.1. The minimum Gasteiger partial charge on any atom is -0.344 e. The first-order valence-electron chi connectivity index (χ1n) is 7.00. The summed E-state index contributed by atoms with van der Waals surface area (Å²) in [5.41, 5.74) is 2.25. The number of aryl methyl sites for hydroxylation is 2. The van der Waals surface area contributed by atoms with Crippen LogP contribution >= 0.6 is 0 Å². The molecule has 0 unspecified atom stereocenters. The van der Waals surface area contributed by atoms with Gasteiger partial charge in [-0.05, 0) is 31.2 Å². The lowest BCUT2D eigenvalue weighted by atomic mass is 10.2. The molecule has 1 N–H and O–H groups in total. The lowest BCUT2D eigenvalue weighted by Crippen LogP contribution is -2.28. The van der Waals surface area contributed by atoms with Crippen LogP contribution in [-0.2, 0) is 14.1 Å². The van der Waals surface area contributed by atoms with Crippen LogP contribution in [0.3, 0.4) is 0 Å². The topological polar surface area (TPSA) is 51.9 Å². The average Bonchev–Trinajstić information content (AvgIpc) is 3.03. The number of rotatable bonds is 3. The Labute approximate surface area is 127 Å². The van der Waals surface area contributed by atoms with Crippen LogP contribution in [0.25, 0.3) is 10.9 Å². The van der Waals surface area contributed by atoms with Gasteiger partial charge in [0.2, 0.25) is 0 Å². The SMILES string of the molecule is C[C@H](NC(=O)c1cc2cc(F)ccc2n1C)c1cnn(C)c1. The van der Waals surface area contributed by atoms with E-state index in [4.69, 9.17) is 0 Å². The molecule has 1 amide bonds. The molecular formula is C16H17FN4O. The van der Waals surface area contributed by atoms with Crippen LogP contribution in [0.5, 0.6) is 0 Å². The molecule has 1 aromatic carbocycles. The summed E-state index contributed by atoms with van der Waals surface area (Å²) in [5, 5.41) is 7.74. The van der Waals surface area contributed by atoms with Crippen molar-refractivity contribution in [2.75, 3.05) is 0 Å². The van der Waals surface area contributed by atoms with Gasteiger partial charge < -0.3 is 9.88 Å². The molecule has 22 heavy (non-hydrogen) atoms. The van der Waals surface area contributed by atoms with Crippen LogP contribution in [0.4, 0.5) is 4.39 Å². The highest BCUT2D eigenvalue weighted by Gasteiger charge is 2.17. The van der Waals surface area contributed by atoms with Crippen LogP contribution in [0.2, 0.25) is 0 Å². The summed E-state index contributed by atoms with van der Waals surface area (Å²) < 4.78 is 16.7. The molecule has 0 spiro atoms. The highest BCUT2D eigenvalue weighted by Crippen LogP contribution is 2.20. The summed E-state index contributed by atoms with van der Waals surface area (Å²) in [6, 6.07) is 6.03. The molecule has 0 aliphatic rings. The van der Waals surface area contributed by atoms with Crippen molar-refractivity contribution in [3.63, 3.8) is 0 Å². The third kappa shape index (κ3) is 2.47. The van der Waals surface area contributed by atoms with Gasteiger partial charge in [-0.3, -0.25) is 9.48 Å². The number of hydrogen-bond acceptors (Lipinski definition) is 2. The summed E-state index contributed by atoms with van der Waals surface area (Å²) in [4.78, 5) is 12.5. The predicted molar refractivity (Wildman–Crippen MR) is 82.0 cm³/mol. The van der Waals surface area contributed by atoms with Gasteiger partial charge in [0.1, 0.15) is 11.5 Å². The van der Waals surface area contributed by atoms with Gasteiger partial charge in [0, 0.05) is 36.8 Å². The normalized spacial score (nSPS) is 12.5. The van der Waals surface area contributed by atoms with E-state index in [1.807, 2.05) is 20.2 Å². The fraction of sp³-hybridized carbons (Fsp3) is 0.250. The van der Waals surface area contributed by atoms with Crippen molar-refractivity contribution < 1.29 is 9.18 Å². The van der Waals surface area contributed by atoms with Crippen molar-refractivity contribution >= 4 is 16.8 Å². The fourth-order valence-electron chi connectivity index (χ4n) is 2.56. The van der Waals surface area contributed by atoms with Crippen LogP contribution < -0.4 is 5.32 Å². The van der Waals surface area contributed by atoms with E-state index >= 15 is 0 Å². The zero-order valence-corrected chi connectivity index (χ0v) is 12.7. The van der Waals surface area contributed by atoms with E-state index < -0.39 is 0 Å². The average molecular weight is 300 g/mol. The number of nitrogens with one attached hydrogen (secondary N) is 1. The van der Waals surface area contributed by atoms with E-state index in [0.29, 0.717) is 11.1 Å². The standard InChI is InChI=1S/C16H17FN4O/c1-10(12-8-18-20(2)9-12)19-16(22)15-7-11-6-13(17)4-5-14(11)21(15)3/h4-10H,1-3H3,(H,19,22)/t10-/m0/s1. The Balaban J connectivity index is 1.87. The number of halogens is 1. The Morgan fingerprint density at radius 3 is 2.77 bits per heavy atom. The Bertz CT molecular complexity index is 849. The first-order chi connectivity index (χ1) is 10.5. The number of fused-ring (bicyclic) bond motifs is 1. The number of benzene rings is 1. The van der Waals surface area contributed by atoms with E-state index in [1.165, 1.54) is 12.1 Å². The fourth-order valence-corrected chi connectivity index (χ4v) is 2.56. The molecule has 3 rings (SSSR count). The predicted octanol–water partition coefficient (Wildman–Crippen LogP) is 2.54. The number of hydrogen-bond donors (Lipinski definition) is 1. The van der Waals surface area contributed by atoms with Gasteiger partial charge >= 0.3 is 0 Å². The van der Waals surface area contributed by atoms with Crippen LogP contribution in [-0.4, -0.2) is 20.3 Å². The molecule has 2 aromatic heterocycles. The van der Waals surface area contributed by atoms with Gasteiger partial charge in [0.25, 0.3) is 5.91 Å². The Hall–Kier alpha value is -2.63. The van der Waals surface area contributed by atoms with Crippen molar-refractivity contribution in [2.45, 2.75) is 13.0 Å². The molecule has 0 radical (unpaired) electrons. The second-order valence-electron chi connectivity index (χ2n) is 5.43.